The van der Waals surface area contributed by atoms with Crippen molar-refractivity contribution in [2.24, 2.45) is 5.73 Å². The summed E-state index contributed by atoms with van der Waals surface area (Å²) in [6.45, 7) is 5.46. The third kappa shape index (κ3) is 4.68. The number of piperidine rings is 1. The highest BCUT2D eigenvalue weighted by Crippen LogP contribution is 2.16. The molecule has 0 aromatic carbocycles. The van der Waals surface area contributed by atoms with Crippen LogP contribution in [-0.2, 0) is 9.53 Å². The lowest BCUT2D eigenvalue weighted by Crippen LogP contribution is -2.48. The molecule has 1 unspecified atom stereocenters. The number of rotatable bonds is 4. The number of hydrogen-bond donors (Lipinski definition) is 1. The van der Waals surface area contributed by atoms with Crippen molar-refractivity contribution in [1.82, 2.24) is 4.90 Å². The summed E-state index contributed by atoms with van der Waals surface area (Å²) < 4.78 is 5.32. The molecule has 2 N–H and O–H groups in total. The summed E-state index contributed by atoms with van der Waals surface area (Å²) in [6.07, 6.45) is 3.40. The highest BCUT2D eigenvalue weighted by Gasteiger charge is 2.25. The number of amides is 1. The van der Waals surface area contributed by atoms with Crippen LogP contribution in [0.25, 0.3) is 0 Å². The van der Waals surface area contributed by atoms with Crippen LogP contribution in [0, 0.1) is 0 Å². The van der Waals surface area contributed by atoms with E-state index in [0.29, 0.717) is 6.54 Å². The largest absolute Gasteiger partial charge is 0.369 e. The van der Waals surface area contributed by atoms with Gasteiger partial charge in [-0.25, -0.2) is 0 Å². The molecule has 0 aliphatic carbocycles. The van der Waals surface area contributed by atoms with E-state index in [2.05, 4.69) is 0 Å². The van der Waals surface area contributed by atoms with Gasteiger partial charge in [-0.3, -0.25) is 4.79 Å². The van der Waals surface area contributed by atoms with E-state index in [0.717, 1.165) is 19.4 Å². The smallest absolute Gasteiger partial charge is 0.248 e. The van der Waals surface area contributed by atoms with Crippen LogP contribution in [0.2, 0.25) is 0 Å². The van der Waals surface area contributed by atoms with Gasteiger partial charge in [-0.2, -0.15) is 0 Å². The Kier molecular flexibility index (Phi) is 7.72. The van der Waals surface area contributed by atoms with E-state index in [4.69, 9.17) is 10.5 Å². The Labute approximate surface area is 104 Å². The van der Waals surface area contributed by atoms with Gasteiger partial charge in [0.2, 0.25) is 5.91 Å². The topological polar surface area (TPSA) is 55.6 Å². The Morgan fingerprint density at radius 1 is 1.50 bits per heavy atom. The van der Waals surface area contributed by atoms with Gasteiger partial charge in [0.05, 0.1) is 6.10 Å². The molecule has 0 bridgehead atoms. The second-order valence-electron chi connectivity index (χ2n) is 4.33. The summed E-state index contributed by atoms with van der Waals surface area (Å²) in [5.74, 6) is 0.0823. The van der Waals surface area contributed by atoms with Crippen molar-refractivity contribution >= 4 is 18.3 Å². The van der Waals surface area contributed by atoms with Gasteiger partial charge in [-0.15, -0.1) is 12.4 Å². The molecule has 96 valence electrons. The van der Waals surface area contributed by atoms with Gasteiger partial charge in [0, 0.05) is 19.1 Å². The highest BCUT2D eigenvalue weighted by atomic mass is 35.5. The number of carbonyl (C=O) groups is 1. The van der Waals surface area contributed by atoms with Crippen molar-refractivity contribution < 1.29 is 9.53 Å². The number of ether oxygens (including phenoxy) is 1. The first-order valence-corrected chi connectivity index (χ1v) is 5.76. The Morgan fingerprint density at radius 3 is 2.75 bits per heavy atom. The fourth-order valence-electron chi connectivity index (χ4n) is 1.89. The van der Waals surface area contributed by atoms with Gasteiger partial charge in [0.15, 0.2) is 0 Å². The summed E-state index contributed by atoms with van der Waals surface area (Å²) in [4.78, 5) is 13.7. The molecule has 5 heteroatoms. The van der Waals surface area contributed by atoms with E-state index in [1.54, 1.807) is 0 Å². The van der Waals surface area contributed by atoms with E-state index < -0.39 is 0 Å². The molecule has 16 heavy (non-hydrogen) atoms. The molecule has 0 saturated carbocycles. The van der Waals surface area contributed by atoms with Crippen molar-refractivity contribution in [3.63, 3.8) is 0 Å². The summed E-state index contributed by atoms with van der Waals surface area (Å²) >= 11 is 0. The molecule has 1 amide bonds. The van der Waals surface area contributed by atoms with Crippen molar-refractivity contribution in [2.45, 2.75) is 45.3 Å². The van der Waals surface area contributed by atoms with Gasteiger partial charge in [-0.1, -0.05) is 0 Å². The lowest BCUT2D eigenvalue weighted by Gasteiger charge is -2.35. The average Bonchev–Trinajstić information content (AvgIpc) is 2.25. The third-order valence-electron chi connectivity index (χ3n) is 2.76. The Balaban J connectivity index is 0.00000225. The summed E-state index contributed by atoms with van der Waals surface area (Å²) in [5.41, 5.74) is 5.65. The van der Waals surface area contributed by atoms with Gasteiger partial charge >= 0.3 is 0 Å². The Bertz CT molecular complexity index is 212. The molecule has 0 aromatic heterocycles. The minimum Gasteiger partial charge on any atom is -0.369 e. The first-order valence-electron chi connectivity index (χ1n) is 5.76. The van der Waals surface area contributed by atoms with Crippen molar-refractivity contribution in [3.8, 4) is 0 Å². The molecule has 4 nitrogen and oxygen atoms in total. The van der Waals surface area contributed by atoms with Crippen LogP contribution in [0.15, 0.2) is 0 Å². The summed E-state index contributed by atoms with van der Waals surface area (Å²) in [5, 5.41) is 0. The van der Waals surface area contributed by atoms with E-state index >= 15 is 0 Å². The lowest BCUT2D eigenvalue weighted by molar-refractivity contribution is -0.141. The average molecular weight is 251 g/mol. The molecule has 0 radical (unpaired) electrons. The SMILES string of the molecule is CC(C)OCC(=O)N1CCCCC1CN.Cl. The third-order valence-corrected chi connectivity index (χ3v) is 2.76. The van der Waals surface area contributed by atoms with E-state index in [1.807, 2.05) is 18.7 Å². The zero-order valence-electron chi connectivity index (χ0n) is 10.1. The molecule has 1 rings (SSSR count). The van der Waals surface area contributed by atoms with Gasteiger partial charge in [-0.05, 0) is 33.1 Å². The van der Waals surface area contributed by atoms with Gasteiger partial charge in [0.25, 0.3) is 0 Å². The number of halogens is 1. The van der Waals surface area contributed by atoms with Crippen LogP contribution < -0.4 is 5.73 Å². The summed E-state index contributed by atoms with van der Waals surface area (Å²) in [7, 11) is 0. The van der Waals surface area contributed by atoms with E-state index in [-0.39, 0.29) is 37.1 Å². The van der Waals surface area contributed by atoms with Crippen molar-refractivity contribution in [1.29, 1.82) is 0 Å². The fourth-order valence-corrected chi connectivity index (χ4v) is 1.89. The van der Waals surface area contributed by atoms with E-state index in [1.165, 1.54) is 6.42 Å². The van der Waals surface area contributed by atoms with Crippen LogP contribution in [0.1, 0.15) is 33.1 Å². The molecule has 1 saturated heterocycles. The van der Waals surface area contributed by atoms with E-state index in [9.17, 15) is 4.79 Å². The standard InChI is InChI=1S/C11H22N2O2.ClH/c1-9(2)15-8-11(14)13-6-4-3-5-10(13)7-12;/h9-10H,3-8,12H2,1-2H3;1H. The molecule has 1 fully saturated rings. The molecule has 1 atom stereocenters. The number of hydrogen-bond acceptors (Lipinski definition) is 3. The second-order valence-corrected chi connectivity index (χ2v) is 4.33. The first-order chi connectivity index (χ1) is 7.15. The van der Waals surface area contributed by atoms with Crippen LogP contribution in [0.5, 0.6) is 0 Å². The second kappa shape index (κ2) is 7.87. The van der Waals surface area contributed by atoms with Gasteiger partial charge < -0.3 is 15.4 Å². The lowest BCUT2D eigenvalue weighted by atomic mass is 10.0. The first kappa shape index (κ1) is 15.7. The summed E-state index contributed by atoms with van der Waals surface area (Å²) in [6, 6.07) is 0.224. The number of nitrogens with zero attached hydrogens (tertiary/aromatic N) is 1. The van der Waals surface area contributed by atoms with Crippen LogP contribution in [0.4, 0.5) is 0 Å². The maximum Gasteiger partial charge on any atom is 0.248 e. The monoisotopic (exact) mass is 250 g/mol. The molecule has 0 spiro atoms. The predicted molar refractivity (Wildman–Crippen MR) is 66.7 cm³/mol. The predicted octanol–water partition coefficient (Wildman–Crippen LogP) is 1.17. The Morgan fingerprint density at radius 2 is 2.19 bits per heavy atom. The van der Waals surface area contributed by atoms with Crippen LogP contribution in [-0.4, -0.2) is 42.6 Å². The number of nitrogens with two attached hydrogens (primary N) is 1. The minimum atomic E-state index is 0. The van der Waals surface area contributed by atoms with Crippen molar-refractivity contribution in [2.75, 3.05) is 19.7 Å². The number of carbonyl (C=O) groups excluding carboxylic acids is 1. The number of likely N-dealkylation sites (tertiary alicyclic amines) is 1. The highest BCUT2D eigenvalue weighted by molar-refractivity contribution is 5.85. The fraction of sp³-hybridized carbons (Fsp3) is 0.909. The van der Waals surface area contributed by atoms with Crippen LogP contribution >= 0.6 is 12.4 Å². The van der Waals surface area contributed by atoms with Gasteiger partial charge in [0.1, 0.15) is 6.61 Å². The van der Waals surface area contributed by atoms with Crippen molar-refractivity contribution in [3.05, 3.63) is 0 Å². The zero-order valence-corrected chi connectivity index (χ0v) is 11.0. The zero-order chi connectivity index (χ0) is 11.3. The molecule has 0 aromatic rings. The quantitative estimate of drug-likeness (QED) is 0.815. The minimum absolute atomic E-state index is 0. The molecular formula is C11H23ClN2O2. The molecular weight excluding hydrogens is 228 g/mol. The molecule has 1 heterocycles. The Hall–Kier alpha value is -0.320. The maximum absolute atomic E-state index is 11.8. The van der Waals surface area contributed by atoms with Crippen LogP contribution in [0.3, 0.4) is 0 Å². The normalized spacial score (nSPS) is 20.8. The maximum atomic E-state index is 11.8. The molecule has 1 aliphatic heterocycles. The molecule has 1 aliphatic rings.